The number of nitrogens with two attached hydrogens (primary N) is 1. The number of piperidine rings is 1. The first-order valence-electron chi connectivity index (χ1n) is 7.31. The largest absolute Gasteiger partial charge is 0.383 e. The Balaban J connectivity index is 2.31. The minimum absolute atomic E-state index is 0.126. The molecule has 1 saturated heterocycles. The molecule has 0 aliphatic carbocycles. The van der Waals surface area contributed by atoms with E-state index in [2.05, 4.69) is 32.9 Å². The Hall–Kier alpha value is -0.920. The highest BCUT2D eigenvalue weighted by molar-refractivity contribution is 9.10. The lowest BCUT2D eigenvalue weighted by Crippen LogP contribution is -2.49. The molecule has 2 heterocycles. The van der Waals surface area contributed by atoms with Gasteiger partial charge in [0, 0.05) is 26.2 Å². The molecule has 1 aromatic rings. The molecule has 2 rings (SSSR count). The minimum atomic E-state index is -0.126. The van der Waals surface area contributed by atoms with Crippen molar-refractivity contribution in [3.63, 3.8) is 0 Å². The van der Waals surface area contributed by atoms with Gasteiger partial charge in [-0.3, -0.25) is 4.79 Å². The summed E-state index contributed by atoms with van der Waals surface area (Å²) in [5, 5.41) is 4.26. The quantitative estimate of drug-likeness (QED) is 0.856. The van der Waals surface area contributed by atoms with E-state index in [0.29, 0.717) is 30.1 Å². The molecule has 7 heteroatoms. The normalized spacial score (nSPS) is 22.6. The van der Waals surface area contributed by atoms with Crippen LogP contribution < -0.4 is 16.2 Å². The van der Waals surface area contributed by atoms with Crippen LogP contribution in [0.3, 0.4) is 0 Å². The van der Waals surface area contributed by atoms with E-state index in [1.165, 1.54) is 11.1 Å². The highest BCUT2D eigenvalue weighted by atomic mass is 79.9. The Morgan fingerprint density at radius 3 is 3.00 bits per heavy atom. The molecule has 2 atom stereocenters. The van der Waals surface area contributed by atoms with Gasteiger partial charge in [0.1, 0.15) is 4.47 Å². The lowest BCUT2D eigenvalue weighted by atomic mass is 9.90. The van der Waals surface area contributed by atoms with Gasteiger partial charge >= 0.3 is 0 Å². The molecule has 0 radical (unpaired) electrons. The molecule has 21 heavy (non-hydrogen) atoms. The average Bonchev–Trinajstić information content (AvgIpc) is 2.48. The third kappa shape index (κ3) is 3.46. The van der Waals surface area contributed by atoms with Crippen molar-refractivity contribution in [1.29, 1.82) is 0 Å². The van der Waals surface area contributed by atoms with Crippen molar-refractivity contribution in [2.45, 2.75) is 32.4 Å². The summed E-state index contributed by atoms with van der Waals surface area (Å²) in [6.07, 6.45) is 4.03. The lowest BCUT2D eigenvalue weighted by Gasteiger charge is -2.41. The van der Waals surface area contributed by atoms with Gasteiger partial charge in [-0.15, -0.1) is 0 Å². The maximum absolute atomic E-state index is 12.4. The third-order valence-electron chi connectivity index (χ3n) is 4.14. The Labute approximate surface area is 133 Å². The summed E-state index contributed by atoms with van der Waals surface area (Å²) in [6.45, 7) is 4.62. The molecule has 2 unspecified atom stereocenters. The van der Waals surface area contributed by atoms with Crippen molar-refractivity contribution in [3.05, 3.63) is 21.0 Å². The van der Waals surface area contributed by atoms with E-state index in [0.717, 1.165) is 18.7 Å². The number of ether oxygens (including phenoxy) is 1. The molecule has 1 aliphatic heterocycles. The van der Waals surface area contributed by atoms with Gasteiger partial charge in [0.05, 0.1) is 25.0 Å². The molecule has 0 saturated carbocycles. The van der Waals surface area contributed by atoms with Crippen LogP contribution in [0.2, 0.25) is 0 Å². The molecule has 1 aromatic heterocycles. The molecule has 1 fully saturated rings. The smallest absolute Gasteiger partial charge is 0.283 e. The monoisotopic (exact) mass is 358 g/mol. The maximum Gasteiger partial charge on any atom is 0.283 e. The van der Waals surface area contributed by atoms with Gasteiger partial charge in [-0.05, 0) is 34.7 Å². The van der Waals surface area contributed by atoms with Crippen LogP contribution in [0, 0.1) is 5.92 Å². The second-order valence-electron chi connectivity index (χ2n) is 5.48. The number of rotatable bonds is 5. The van der Waals surface area contributed by atoms with Gasteiger partial charge in [-0.1, -0.05) is 6.92 Å². The first-order chi connectivity index (χ1) is 10.1. The van der Waals surface area contributed by atoms with Crippen molar-refractivity contribution in [3.8, 4) is 0 Å². The Kier molecular flexibility index (Phi) is 5.78. The fourth-order valence-electron chi connectivity index (χ4n) is 2.90. The molecule has 0 aromatic carbocycles. The van der Waals surface area contributed by atoms with E-state index >= 15 is 0 Å². The van der Waals surface area contributed by atoms with E-state index in [4.69, 9.17) is 10.5 Å². The van der Waals surface area contributed by atoms with Crippen LogP contribution in [0.4, 0.5) is 5.69 Å². The molecule has 2 N–H and O–H groups in total. The van der Waals surface area contributed by atoms with Crippen LogP contribution >= 0.6 is 15.9 Å². The molecule has 0 bridgehead atoms. The van der Waals surface area contributed by atoms with Crippen molar-refractivity contribution >= 4 is 21.6 Å². The number of nitrogens with zero attached hydrogens (tertiary/aromatic N) is 3. The Bertz CT molecular complexity index is 534. The number of hydrogen-bond acceptors (Lipinski definition) is 5. The number of halogens is 1. The first kappa shape index (κ1) is 16.5. The van der Waals surface area contributed by atoms with Gasteiger partial charge in [-0.2, -0.15) is 5.10 Å². The van der Waals surface area contributed by atoms with Gasteiger partial charge in [0.15, 0.2) is 0 Å². The van der Waals surface area contributed by atoms with E-state index in [1.807, 2.05) is 0 Å². The summed E-state index contributed by atoms with van der Waals surface area (Å²) in [6, 6.07) is 0.256. The summed E-state index contributed by atoms with van der Waals surface area (Å²) in [5.41, 5.74) is 6.64. The van der Waals surface area contributed by atoms with Gasteiger partial charge in [0.2, 0.25) is 0 Å². The maximum atomic E-state index is 12.4. The van der Waals surface area contributed by atoms with Crippen LogP contribution in [0.15, 0.2) is 15.5 Å². The van der Waals surface area contributed by atoms with Crippen LogP contribution in [0.25, 0.3) is 0 Å². The minimum Gasteiger partial charge on any atom is -0.383 e. The fraction of sp³-hybridized carbons (Fsp3) is 0.714. The van der Waals surface area contributed by atoms with E-state index in [1.54, 1.807) is 13.3 Å². The standard InChI is InChI=1S/C14H23BrN4O2/c1-10-4-3-5-18(11(10)8-16)12-9-17-19(6-7-21-2)14(20)13(12)15/h9-11H,3-8,16H2,1-2H3. The van der Waals surface area contributed by atoms with Gasteiger partial charge < -0.3 is 15.4 Å². The molecule has 118 valence electrons. The number of aromatic nitrogens is 2. The number of anilines is 1. The number of methoxy groups -OCH3 is 1. The van der Waals surface area contributed by atoms with Gasteiger partial charge in [0.25, 0.3) is 5.56 Å². The average molecular weight is 359 g/mol. The predicted octanol–water partition coefficient (Wildman–Crippen LogP) is 1.22. The molecule has 0 amide bonds. The first-order valence-corrected chi connectivity index (χ1v) is 8.10. The van der Waals surface area contributed by atoms with Crippen LogP contribution in [-0.4, -0.2) is 42.6 Å². The summed E-state index contributed by atoms with van der Waals surface area (Å²) in [5.74, 6) is 0.520. The van der Waals surface area contributed by atoms with Gasteiger partial charge in [-0.25, -0.2) is 4.68 Å². The molecule has 0 spiro atoms. The highest BCUT2D eigenvalue weighted by Gasteiger charge is 2.29. The van der Waals surface area contributed by atoms with Crippen molar-refractivity contribution in [2.24, 2.45) is 11.7 Å². The van der Waals surface area contributed by atoms with E-state index in [9.17, 15) is 4.79 Å². The Morgan fingerprint density at radius 1 is 1.57 bits per heavy atom. The van der Waals surface area contributed by atoms with Crippen molar-refractivity contribution in [1.82, 2.24) is 9.78 Å². The van der Waals surface area contributed by atoms with Crippen LogP contribution in [0.1, 0.15) is 19.8 Å². The fourth-order valence-corrected chi connectivity index (χ4v) is 3.44. The summed E-state index contributed by atoms with van der Waals surface area (Å²) >= 11 is 3.44. The van der Waals surface area contributed by atoms with E-state index in [-0.39, 0.29) is 11.6 Å². The summed E-state index contributed by atoms with van der Waals surface area (Å²) in [7, 11) is 1.61. The highest BCUT2D eigenvalue weighted by Crippen LogP contribution is 2.31. The second-order valence-corrected chi connectivity index (χ2v) is 6.27. The third-order valence-corrected chi connectivity index (χ3v) is 4.89. The predicted molar refractivity (Wildman–Crippen MR) is 86.7 cm³/mol. The van der Waals surface area contributed by atoms with Crippen LogP contribution in [-0.2, 0) is 11.3 Å². The summed E-state index contributed by atoms with van der Waals surface area (Å²) < 4.78 is 6.97. The molecule has 1 aliphatic rings. The molecule has 6 nitrogen and oxygen atoms in total. The second kappa shape index (κ2) is 7.38. The zero-order chi connectivity index (χ0) is 15.4. The zero-order valence-electron chi connectivity index (χ0n) is 12.6. The van der Waals surface area contributed by atoms with Crippen molar-refractivity contribution < 1.29 is 4.74 Å². The molecular weight excluding hydrogens is 336 g/mol. The Morgan fingerprint density at radius 2 is 2.33 bits per heavy atom. The van der Waals surface area contributed by atoms with Crippen molar-refractivity contribution in [2.75, 3.05) is 31.7 Å². The SMILES string of the molecule is COCCn1ncc(N2CCCC(C)C2CN)c(Br)c1=O. The number of hydrogen-bond donors (Lipinski definition) is 1. The zero-order valence-corrected chi connectivity index (χ0v) is 14.2. The lowest BCUT2D eigenvalue weighted by molar-refractivity contribution is 0.181. The molecular formula is C14H23BrN4O2. The van der Waals surface area contributed by atoms with E-state index < -0.39 is 0 Å². The topological polar surface area (TPSA) is 73.4 Å². The van der Waals surface area contributed by atoms with Crippen LogP contribution in [0.5, 0.6) is 0 Å². The summed E-state index contributed by atoms with van der Waals surface area (Å²) in [4.78, 5) is 14.6.